The van der Waals surface area contributed by atoms with Crippen LogP contribution in [0.2, 0.25) is 0 Å². The minimum Gasteiger partial charge on any atom is -0.281 e. The minimum atomic E-state index is -0.612. The summed E-state index contributed by atoms with van der Waals surface area (Å²) >= 11 is 3.55. The SMILES string of the molecule is CCN1C(=O)[C@H]2[C@H]3C=C[C@H](C3)[C@@]2(Br)C1=O. The zero-order chi connectivity index (χ0) is 10.8. The second kappa shape index (κ2) is 2.73. The summed E-state index contributed by atoms with van der Waals surface area (Å²) in [6, 6.07) is 0. The molecule has 2 amide bonds. The number of likely N-dealkylation sites (tertiary alicyclic amines) is 1. The Morgan fingerprint density at radius 2 is 2.27 bits per heavy atom. The molecular weight excluding hydrogens is 258 g/mol. The van der Waals surface area contributed by atoms with Crippen molar-refractivity contribution >= 4 is 27.7 Å². The quantitative estimate of drug-likeness (QED) is 0.409. The van der Waals surface area contributed by atoms with E-state index in [1.54, 1.807) is 0 Å². The number of hydrogen-bond acceptors (Lipinski definition) is 2. The fraction of sp³-hybridized carbons (Fsp3) is 0.636. The number of fused-ring (bicyclic) bond motifs is 5. The van der Waals surface area contributed by atoms with Gasteiger partial charge >= 0.3 is 0 Å². The molecule has 2 aliphatic carbocycles. The summed E-state index contributed by atoms with van der Waals surface area (Å²) in [5.74, 6) is 0.302. The number of carbonyl (C=O) groups is 2. The second-order valence-electron chi connectivity index (χ2n) is 4.52. The van der Waals surface area contributed by atoms with Gasteiger partial charge in [0.15, 0.2) is 0 Å². The van der Waals surface area contributed by atoms with Crippen LogP contribution in [-0.4, -0.2) is 27.6 Å². The molecule has 0 spiro atoms. The molecule has 4 atom stereocenters. The molecule has 0 aromatic rings. The predicted molar refractivity (Wildman–Crippen MR) is 58.3 cm³/mol. The fourth-order valence-corrected chi connectivity index (χ4v) is 4.35. The summed E-state index contributed by atoms with van der Waals surface area (Å²) in [7, 11) is 0. The number of rotatable bonds is 1. The van der Waals surface area contributed by atoms with Gasteiger partial charge in [-0.2, -0.15) is 0 Å². The topological polar surface area (TPSA) is 37.4 Å². The Kier molecular flexibility index (Phi) is 1.74. The first-order chi connectivity index (χ1) is 7.10. The molecule has 3 aliphatic rings. The Labute approximate surface area is 96.6 Å². The van der Waals surface area contributed by atoms with Crippen LogP contribution in [0.25, 0.3) is 0 Å². The summed E-state index contributed by atoms with van der Waals surface area (Å²) in [6.07, 6.45) is 5.13. The molecule has 2 bridgehead atoms. The van der Waals surface area contributed by atoms with E-state index in [1.807, 2.05) is 6.92 Å². The van der Waals surface area contributed by atoms with Crippen molar-refractivity contribution in [1.29, 1.82) is 0 Å². The summed E-state index contributed by atoms with van der Waals surface area (Å²) in [5, 5.41) is 0. The number of alkyl halides is 1. The van der Waals surface area contributed by atoms with E-state index in [-0.39, 0.29) is 29.6 Å². The third kappa shape index (κ3) is 0.876. The van der Waals surface area contributed by atoms with E-state index in [2.05, 4.69) is 28.1 Å². The molecule has 1 heterocycles. The molecule has 0 N–H and O–H groups in total. The molecule has 80 valence electrons. The maximum atomic E-state index is 12.2. The smallest absolute Gasteiger partial charge is 0.247 e. The molecule has 1 saturated carbocycles. The van der Waals surface area contributed by atoms with Crippen molar-refractivity contribution in [3.8, 4) is 0 Å². The first-order valence-corrected chi connectivity index (χ1v) is 6.13. The van der Waals surface area contributed by atoms with Crippen LogP contribution < -0.4 is 0 Å². The number of allylic oxidation sites excluding steroid dienone is 2. The van der Waals surface area contributed by atoms with E-state index in [0.29, 0.717) is 6.54 Å². The van der Waals surface area contributed by atoms with Crippen molar-refractivity contribution < 1.29 is 9.59 Å². The fourth-order valence-electron chi connectivity index (χ4n) is 3.26. The van der Waals surface area contributed by atoms with Crippen molar-refractivity contribution in [2.45, 2.75) is 17.7 Å². The highest BCUT2D eigenvalue weighted by Gasteiger charge is 2.68. The molecule has 0 aromatic carbocycles. The zero-order valence-electron chi connectivity index (χ0n) is 8.44. The summed E-state index contributed by atoms with van der Waals surface area (Å²) < 4.78 is -0.612. The molecule has 1 saturated heterocycles. The maximum Gasteiger partial charge on any atom is 0.247 e. The van der Waals surface area contributed by atoms with Crippen LogP contribution in [-0.2, 0) is 9.59 Å². The molecule has 0 radical (unpaired) electrons. The molecule has 3 nitrogen and oxygen atoms in total. The Balaban J connectivity index is 2.11. The average Bonchev–Trinajstić information content (AvgIpc) is 2.81. The molecule has 0 unspecified atom stereocenters. The highest BCUT2D eigenvalue weighted by molar-refractivity contribution is 9.10. The van der Waals surface area contributed by atoms with Crippen molar-refractivity contribution in [2.24, 2.45) is 17.8 Å². The minimum absolute atomic E-state index is 0.0104. The molecule has 3 rings (SSSR count). The number of nitrogens with zero attached hydrogens (tertiary/aromatic N) is 1. The van der Waals surface area contributed by atoms with Gasteiger partial charge in [0.2, 0.25) is 11.8 Å². The van der Waals surface area contributed by atoms with Crippen LogP contribution in [0.4, 0.5) is 0 Å². The van der Waals surface area contributed by atoms with E-state index in [9.17, 15) is 9.59 Å². The van der Waals surface area contributed by atoms with Crippen LogP contribution in [0.1, 0.15) is 13.3 Å². The highest BCUT2D eigenvalue weighted by Crippen LogP contribution is 2.59. The van der Waals surface area contributed by atoms with E-state index in [1.165, 1.54) is 4.90 Å². The molecule has 0 aromatic heterocycles. The predicted octanol–water partition coefficient (Wildman–Crippen LogP) is 1.33. The number of carbonyl (C=O) groups excluding carboxylic acids is 2. The van der Waals surface area contributed by atoms with Gasteiger partial charge in [0.25, 0.3) is 0 Å². The Hall–Kier alpha value is -0.640. The van der Waals surface area contributed by atoms with Gasteiger partial charge in [0.1, 0.15) is 4.32 Å². The number of imide groups is 1. The Bertz CT molecular complexity index is 392. The van der Waals surface area contributed by atoms with Crippen LogP contribution in [0, 0.1) is 17.8 Å². The van der Waals surface area contributed by atoms with Gasteiger partial charge in [-0.3, -0.25) is 14.5 Å². The van der Waals surface area contributed by atoms with E-state index < -0.39 is 4.32 Å². The highest BCUT2D eigenvalue weighted by atomic mass is 79.9. The van der Waals surface area contributed by atoms with Gasteiger partial charge in [-0.05, 0) is 19.3 Å². The molecule has 1 aliphatic heterocycles. The van der Waals surface area contributed by atoms with E-state index >= 15 is 0 Å². The van der Waals surface area contributed by atoms with Crippen molar-refractivity contribution in [2.75, 3.05) is 6.54 Å². The molecule has 2 fully saturated rings. The zero-order valence-corrected chi connectivity index (χ0v) is 10.0. The summed E-state index contributed by atoms with van der Waals surface area (Å²) in [4.78, 5) is 25.6. The maximum absolute atomic E-state index is 12.2. The van der Waals surface area contributed by atoms with E-state index in [4.69, 9.17) is 0 Å². The average molecular weight is 270 g/mol. The van der Waals surface area contributed by atoms with Crippen molar-refractivity contribution in [1.82, 2.24) is 4.90 Å². The molecule has 15 heavy (non-hydrogen) atoms. The second-order valence-corrected chi connectivity index (χ2v) is 5.84. The van der Waals surface area contributed by atoms with Crippen molar-refractivity contribution in [3.05, 3.63) is 12.2 Å². The van der Waals surface area contributed by atoms with Gasteiger partial charge in [0.05, 0.1) is 5.92 Å². The lowest BCUT2D eigenvalue weighted by molar-refractivity contribution is -0.140. The van der Waals surface area contributed by atoms with E-state index in [0.717, 1.165) is 6.42 Å². The normalized spacial score (nSPS) is 46.8. The Morgan fingerprint density at radius 1 is 1.53 bits per heavy atom. The summed E-state index contributed by atoms with van der Waals surface area (Å²) in [6.45, 7) is 2.34. The number of hydrogen-bond donors (Lipinski definition) is 0. The molecule has 4 heteroatoms. The first kappa shape index (κ1) is 9.58. The number of amides is 2. The van der Waals surface area contributed by atoms with Gasteiger partial charge in [0, 0.05) is 12.5 Å². The molecular formula is C11H12BrNO2. The Morgan fingerprint density at radius 3 is 2.87 bits per heavy atom. The third-order valence-electron chi connectivity index (χ3n) is 3.96. The van der Waals surface area contributed by atoms with Crippen LogP contribution in [0.3, 0.4) is 0 Å². The van der Waals surface area contributed by atoms with Gasteiger partial charge in [-0.15, -0.1) is 0 Å². The lowest BCUT2D eigenvalue weighted by Gasteiger charge is -2.25. The van der Waals surface area contributed by atoms with Crippen LogP contribution in [0.5, 0.6) is 0 Å². The van der Waals surface area contributed by atoms with Gasteiger partial charge < -0.3 is 0 Å². The van der Waals surface area contributed by atoms with Gasteiger partial charge in [-0.25, -0.2) is 0 Å². The standard InChI is InChI=1S/C11H12BrNO2/c1-2-13-9(14)8-6-3-4-7(5-6)11(8,12)10(13)15/h3-4,6-8H,2,5H2,1H3/t6-,7+,8+,11-/m0/s1. The van der Waals surface area contributed by atoms with Crippen LogP contribution in [0.15, 0.2) is 12.2 Å². The largest absolute Gasteiger partial charge is 0.281 e. The third-order valence-corrected chi connectivity index (χ3v) is 5.38. The monoisotopic (exact) mass is 269 g/mol. The van der Waals surface area contributed by atoms with Crippen LogP contribution >= 0.6 is 15.9 Å². The first-order valence-electron chi connectivity index (χ1n) is 5.33. The van der Waals surface area contributed by atoms with Gasteiger partial charge in [-0.1, -0.05) is 28.1 Å². The number of halogens is 1. The summed E-state index contributed by atoms with van der Waals surface area (Å²) in [5.41, 5.74) is 0. The lowest BCUT2D eigenvalue weighted by atomic mass is 9.85. The lowest BCUT2D eigenvalue weighted by Crippen LogP contribution is -2.40. The van der Waals surface area contributed by atoms with Crippen molar-refractivity contribution in [3.63, 3.8) is 0 Å².